The third-order valence-electron chi connectivity index (χ3n) is 5.78. The lowest BCUT2D eigenvalue weighted by atomic mass is 10.1. The molecule has 0 saturated heterocycles. The van der Waals surface area contributed by atoms with E-state index in [0.717, 1.165) is 11.8 Å². The Balaban J connectivity index is 1.45. The number of halogens is 2. The van der Waals surface area contributed by atoms with Crippen molar-refractivity contribution in [2.24, 2.45) is 10.7 Å². The van der Waals surface area contributed by atoms with Gasteiger partial charge >= 0.3 is 0 Å². The zero-order valence-corrected chi connectivity index (χ0v) is 23.1. The number of nitrogens with two attached hydrogens (primary N) is 1. The van der Waals surface area contributed by atoms with Crippen molar-refractivity contribution in [3.05, 3.63) is 124 Å². The normalized spacial score (nSPS) is 15.7. The summed E-state index contributed by atoms with van der Waals surface area (Å²) < 4.78 is 5.97. The van der Waals surface area contributed by atoms with Gasteiger partial charge in [-0.05, 0) is 48.5 Å². The molecule has 1 aliphatic rings. The number of nitrogens with one attached hydrogen (secondary N) is 2. The van der Waals surface area contributed by atoms with E-state index in [1.807, 2.05) is 48.5 Å². The SMILES string of the molecule is NC1=C(C(=O)Nc2c(Cl)cccc2Cl)C(=Nc2ccccc2)S[C@@H]1C(=O)Nc1ccccc1Oc1ccccc1. The molecule has 4 N–H and O–H groups in total. The third kappa shape index (κ3) is 6.15. The summed E-state index contributed by atoms with van der Waals surface area (Å²) in [6.45, 7) is 0. The number of ether oxygens (including phenoxy) is 1. The first-order valence-corrected chi connectivity index (χ1v) is 13.7. The lowest BCUT2D eigenvalue weighted by molar-refractivity contribution is -0.115. The quantitative estimate of drug-likeness (QED) is 0.208. The van der Waals surface area contributed by atoms with E-state index >= 15 is 0 Å². The lowest BCUT2D eigenvalue weighted by Crippen LogP contribution is -2.29. The molecular formula is C30H22Cl2N4O3S. The standard InChI is InChI=1S/C30H22Cl2N4O3S/c31-20-14-9-15-21(32)26(20)36-28(37)24-25(33)27(40-30(24)34-18-10-3-1-4-11-18)29(38)35-22-16-7-8-17-23(22)39-19-12-5-2-6-13-19/h1-17,27H,33H2,(H,35,38)(H,36,37)/t27-/m0/s1. The lowest BCUT2D eigenvalue weighted by Gasteiger charge is -2.15. The van der Waals surface area contributed by atoms with E-state index in [9.17, 15) is 9.59 Å². The van der Waals surface area contributed by atoms with Crippen LogP contribution in [0.4, 0.5) is 17.1 Å². The zero-order chi connectivity index (χ0) is 28.1. The zero-order valence-electron chi connectivity index (χ0n) is 20.8. The van der Waals surface area contributed by atoms with Crippen LogP contribution in [0.3, 0.4) is 0 Å². The highest BCUT2D eigenvalue weighted by molar-refractivity contribution is 8.16. The van der Waals surface area contributed by atoms with Gasteiger partial charge in [0.2, 0.25) is 5.91 Å². The molecule has 0 aromatic heterocycles. The maximum Gasteiger partial charge on any atom is 0.260 e. The molecule has 0 unspecified atom stereocenters. The molecule has 0 fully saturated rings. The fourth-order valence-electron chi connectivity index (χ4n) is 3.88. The number of hydrogen-bond acceptors (Lipinski definition) is 6. The van der Waals surface area contributed by atoms with E-state index in [1.54, 1.807) is 54.6 Å². The summed E-state index contributed by atoms with van der Waals surface area (Å²) in [5, 5.41) is 5.49. The second-order valence-electron chi connectivity index (χ2n) is 8.53. The molecule has 4 aromatic carbocycles. The molecule has 1 heterocycles. The fraction of sp³-hybridized carbons (Fsp3) is 0.0333. The van der Waals surface area contributed by atoms with Gasteiger partial charge in [-0.15, -0.1) is 0 Å². The van der Waals surface area contributed by atoms with Crippen molar-refractivity contribution < 1.29 is 14.3 Å². The number of thioether (sulfide) groups is 1. The molecule has 7 nitrogen and oxygen atoms in total. The topological polar surface area (TPSA) is 106 Å². The van der Waals surface area contributed by atoms with Gasteiger partial charge in [0, 0.05) is 5.70 Å². The molecule has 10 heteroatoms. The summed E-state index contributed by atoms with van der Waals surface area (Å²) in [5.41, 5.74) is 7.88. The molecular weight excluding hydrogens is 567 g/mol. The fourth-order valence-corrected chi connectivity index (χ4v) is 5.49. The van der Waals surface area contributed by atoms with E-state index in [4.69, 9.17) is 33.7 Å². The summed E-state index contributed by atoms with van der Waals surface area (Å²) in [4.78, 5) is 31.7. The van der Waals surface area contributed by atoms with Crippen LogP contribution in [0, 0.1) is 0 Å². The Morgan fingerprint density at radius 2 is 1.43 bits per heavy atom. The Labute approximate surface area is 245 Å². The second-order valence-corrected chi connectivity index (χ2v) is 10.4. The molecule has 200 valence electrons. The maximum absolute atomic E-state index is 13.5. The van der Waals surface area contributed by atoms with Crippen molar-refractivity contribution in [1.82, 2.24) is 0 Å². The highest BCUT2D eigenvalue weighted by atomic mass is 35.5. The van der Waals surface area contributed by atoms with Crippen LogP contribution in [-0.4, -0.2) is 22.1 Å². The first-order chi connectivity index (χ1) is 19.4. The van der Waals surface area contributed by atoms with Crippen LogP contribution in [0.2, 0.25) is 10.0 Å². The predicted octanol–water partition coefficient (Wildman–Crippen LogP) is 7.42. The Bertz CT molecular complexity index is 1610. The number of carbonyl (C=O) groups excluding carboxylic acids is 2. The average Bonchev–Trinajstić information content (AvgIpc) is 3.28. The Morgan fingerprint density at radius 1 is 0.800 bits per heavy atom. The summed E-state index contributed by atoms with van der Waals surface area (Å²) in [6, 6.07) is 30.2. The number of para-hydroxylation sites is 5. The number of benzene rings is 4. The summed E-state index contributed by atoms with van der Waals surface area (Å²) in [7, 11) is 0. The van der Waals surface area contributed by atoms with Crippen LogP contribution >= 0.6 is 35.0 Å². The Kier molecular flexibility index (Phi) is 8.40. The smallest absolute Gasteiger partial charge is 0.260 e. The third-order valence-corrected chi connectivity index (χ3v) is 7.64. The van der Waals surface area contributed by atoms with Gasteiger partial charge in [0.1, 0.15) is 16.0 Å². The predicted molar refractivity (Wildman–Crippen MR) is 163 cm³/mol. The van der Waals surface area contributed by atoms with Gasteiger partial charge in [0.05, 0.1) is 32.7 Å². The van der Waals surface area contributed by atoms with Crippen molar-refractivity contribution in [3.63, 3.8) is 0 Å². The first kappa shape index (κ1) is 27.3. The molecule has 0 radical (unpaired) electrons. The molecule has 5 rings (SSSR count). The first-order valence-electron chi connectivity index (χ1n) is 12.1. The summed E-state index contributed by atoms with van der Waals surface area (Å²) in [5.74, 6) is 0.0502. The number of hydrogen-bond donors (Lipinski definition) is 3. The number of carbonyl (C=O) groups is 2. The minimum atomic E-state index is -0.935. The number of aliphatic imine (C=N–C) groups is 1. The second kappa shape index (κ2) is 12.3. The van der Waals surface area contributed by atoms with E-state index < -0.39 is 17.1 Å². The molecule has 1 atom stereocenters. The molecule has 0 bridgehead atoms. The van der Waals surface area contributed by atoms with Gasteiger partial charge in [0.25, 0.3) is 5.91 Å². The van der Waals surface area contributed by atoms with Crippen LogP contribution in [-0.2, 0) is 9.59 Å². The molecule has 4 aromatic rings. The number of nitrogens with zero attached hydrogens (tertiary/aromatic N) is 1. The molecule has 40 heavy (non-hydrogen) atoms. The van der Waals surface area contributed by atoms with E-state index in [2.05, 4.69) is 15.6 Å². The van der Waals surface area contributed by atoms with Crippen molar-refractivity contribution in [2.45, 2.75) is 5.25 Å². The van der Waals surface area contributed by atoms with Crippen LogP contribution < -0.4 is 21.1 Å². The van der Waals surface area contributed by atoms with Crippen LogP contribution in [0.1, 0.15) is 0 Å². The minimum Gasteiger partial charge on any atom is -0.455 e. The Morgan fingerprint density at radius 3 is 2.12 bits per heavy atom. The molecule has 0 saturated carbocycles. The van der Waals surface area contributed by atoms with E-state index in [0.29, 0.717) is 27.9 Å². The van der Waals surface area contributed by atoms with Crippen molar-refractivity contribution in [3.8, 4) is 11.5 Å². The molecule has 1 aliphatic heterocycles. The number of amides is 2. The summed E-state index contributed by atoms with van der Waals surface area (Å²) in [6.07, 6.45) is 0. The number of anilines is 2. The monoisotopic (exact) mass is 588 g/mol. The van der Waals surface area contributed by atoms with Crippen molar-refractivity contribution in [1.29, 1.82) is 0 Å². The maximum atomic E-state index is 13.5. The van der Waals surface area contributed by atoms with Crippen LogP contribution in [0.5, 0.6) is 11.5 Å². The van der Waals surface area contributed by atoms with E-state index in [1.165, 1.54) is 0 Å². The molecule has 0 aliphatic carbocycles. The summed E-state index contributed by atoms with van der Waals surface area (Å²) >= 11 is 13.6. The van der Waals surface area contributed by atoms with Gasteiger partial charge in [-0.2, -0.15) is 0 Å². The van der Waals surface area contributed by atoms with Gasteiger partial charge < -0.3 is 21.1 Å². The molecule has 0 spiro atoms. The number of rotatable bonds is 7. The highest BCUT2D eigenvalue weighted by Crippen LogP contribution is 2.38. The van der Waals surface area contributed by atoms with Gasteiger partial charge in [-0.1, -0.05) is 89.6 Å². The Hall–Kier alpha value is -4.24. The van der Waals surface area contributed by atoms with Crippen molar-refractivity contribution in [2.75, 3.05) is 10.6 Å². The minimum absolute atomic E-state index is 0.0549. The van der Waals surface area contributed by atoms with Gasteiger partial charge in [0.15, 0.2) is 5.75 Å². The van der Waals surface area contributed by atoms with Gasteiger partial charge in [-0.25, -0.2) is 4.99 Å². The average molecular weight is 590 g/mol. The molecule has 2 amide bonds. The largest absolute Gasteiger partial charge is 0.455 e. The van der Waals surface area contributed by atoms with Gasteiger partial charge in [-0.3, -0.25) is 9.59 Å². The highest BCUT2D eigenvalue weighted by Gasteiger charge is 2.39. The van der Waals surface area contributed by atoms with E-state index in [-0.39, 0.29) is 27.0 Å². The van der Waals surface area contributed by atoms with Crippen LogP contribution in [0.15, 0.2) is 119 Å². The van der Waals surface area contributed by atoms with Crippen LogP contribution in [0.25, 0.3) is 0 Å². The van der Waals surface area contributed by atoms with Crippen molar-refractivity contribution >= 4 is 68.9 Å².